The largest absolute Gasteiger partial charge is 0.467 e. The topological polar surface area (TPSA) is 68.8 Å². The second-order valence-electron chi connectivity index (χ2n) is 5.62. The van der Waals surface area contributed by atoms with Crippen molar-refractivity contribution in [1.82, 2.24) is 19.7 Å². The molecule has 0 aromatic carbocycles. The van der Waals surface area contributed by atoms with E-state index in [-0.39, 0.29) is 5.92 Å². The van der Waals surface area contributed by atoms with Crippen molar-refractivity contribution in [3.8, 4) is 0 Å². The van der Waals surface area contributed by atoms with Gasteiger partial charge in [-0.25, -0.2) is 9.97 Å². The van der Waals surface area contributed by atoms with Gasteiger partial charge in [0, 0.05) is 12.5 Å². The normalized spacial score (nSPS) is 11.5. The van der Waals surface area contributed by atoms with Gasteiger partial charge in [-0.05, 0) is 26.0 Å². The van der Waals surface area contributed by atoms with Crippen LogP contribution in [0.2, 0.25) is 0 Å². The number of hydrogen-bond donors (Lipinski definition) is 1. The van der Waals surface area contributed by atoms with Gasteiger partial charge < -0.3 is 9.73 Å². The lowest BCUT2D eigenvalue weighted by atomic mass is 10.2. The summed E-state index contributed by atoms with van der Waals surface area (Å²) in [7, 11) is 0. The standard InChI is InChI=1S/C16H21N5O/c1-5-21-14-13(11(4)20-21)18-15(10(2)3)19-16(14)17-9-12-7-6-8-22-12/h6-8,10H,5,9H2,1-4H3,(H,17,18,19). The third-order valence-electron chi connectivity index (χ3n) is 3.60. The molecular weight excluding hydrogens is 278 g/mol. The maximum atomic E-state index is 5.38. The molecule has 6 nitrogen and oxygen atoms in total. The number of fused-ring (bicyclic) bond motifs is 1. The van der Waals surface area contributed by atoms with Gasteiger partial charge in [0.1, 0.15) is 22.6 Å². The Bertz CT molecular complexity index is 774. The van der Waals surface area contributed by atoms with Crippen molar-refractivity contribution >= 4 is 16.9 Å². The predicted octanol–water partition coefficient (Wildman–Crippen LogP) is 3.48. The average molecular weight is 299 g/mol. The molecule has 0 aliphatic heterocycles. The first kappa shape index (κ1) is 14.6. The van der Waals surface area contributed by atoms with Crippen LogP contribution in [0.4, 0.5) is 5.82 Å². The third-order valence-corrected chi connectivity index (χ3v) is 3.60. The maximum absolute atomic E-state index is 5.38. The summed E-state index contributed by atoms with van der Waals surface area (Å²) >= 11 is 0. The average Bonchev–Trinajstić information content (AvgIpc) is 3.13. The monoisotopic (exact) mass is 299 g/mol. The molecule has 1 N–H and O–H groups in total. The van der Waals surface area contributed by atoms with Crippen LogP contribution in [0.3, 0.4) is 0 Å². The summed E-state index contributed by atoms with van der Waals surface area (Å²) in [4.78, 5) is 9.39. The van der Waals surface area contributed by atoms with Gasteiger partial charge in [0.2, 0.25) is 0 Å². The highest BCUT2D eigenvalue weighted by Crippen LogP contribution is 2.26. The Kier molecular flexibility index (Phi) is 3.83. The van der Waals surface area contributed by atoms with Gasteiger partial charge in [-0.1, -0.05) is 13.8 Å². The summed E-state index contributed by atoms with van der Waals surface area (Å²) in [5.74, 6) is 2.77. The van der Waals surface area contributed by atoms with Crippen LogP contribution in [-0.2, 0) is 13.1 Å². The van der Waals surface area contributed by atoms with Crippen LogP contribution in [-0.4, -0.2) is 19.7 Å². The van der Waals surface area contributed by atoms with E-state index in [0.29, 0.717) is 6.54 Å². The molecule has 0 spiro atoms. The highest BCUT2D eigenvalue weighted by molar-refractivity contribution is 5.87. The molecule has 3 aromatic rings. The number of nitrogens with one attached hydrogen (secondary N) is 1. The highest BCUT2D eigenvalue weighted by atomic mass is 16.3. The molecule has 0 saturated heterocycles. The van der Waals surface area contributed by atoms with Crippen molar-refractivity contribution in [1.29, 1.82) is 0 Å². The van der Waals surface area contributed by atoms with E-state index in [9.17, 15) is 0 Å². The number of hydrogen-bond acceptors (Lipinski definition) is 5. The number of aromatic nitrogens is 4. The molecule has 0 radical (unpaired) electrons. The van der Waals surface area contributed by atoms with Gasteiger partial charge in [-0.15, -0.1) is 0 Å². The summed E-state index contributed by atoms with van der Waals surface area (Å²) < 4.78 is 7.32. The van der Waals surface area contributed by atoms with Crippen LogP contribution >= 0.6 is 0 Å². The van der Waals surface area contributed by atoms with E-state index in [0.717, 1.165) is 40.7 Å². The minimum Gasteiger partial charge on any atom is -0.467 e. The van der Waals surface area contributed by atoms with Gasteiger partial charge in [0.25, 0.3) is 0 Å². The molecule has 22 heavy (non-hydrogen) atoms. The van der Waals surface area contributed by atoms with Crippen molar-refractivity contribution in [2.45, 2.75) is 46.7 Å². The van der Waals surface area contributed by atoms with Crippen molar-refractivity contribution in [2.75, 3.05) is 5.32 Å². The minimum absolute atomic E-state index is 0.262. The van der Waals surface area contributed by atoms with Crippen LogP contribution in [0.15, 0.2) is 22.8 Å². The summed E-state index contributed by atoms with van der Waals surface area (Å²) in [6.07, 6.45) is 1.67. The van der Waals surface area contributed by atoms with Crippen molar-refractivity contribution in [2.24, 2.45) is 0 Å². The second kappa shape index (κ2) is 5.79. The van der Waals surface area contributed by atoms with Gasteiger partial charge in [-0.2, -0.15) is 5.10 Å². The molecular formula is C16H21N5O. The Morgan fingerprint density at radius 2 is 2.14 bits per heavy atom. The number of anilines is 1. The zero-order valence-electron chi connectivity index (χ0n) is 13.4. The molecule has 0 fully saturated rings. The van der Waals surface area contributed by atoms with Crippen LogP contribution in [0.1, 0.15) is 44.0 Å². The Morgan fingerprint density at radius 3 is 2.77 bits per heavy atom. The van der Waals surface area contributed by atoms with E-state index in [1.54, 1.807) is 6.26 Å². The summed E-state index contributed by atoms with van der Waals surface area (Å²) in [6, 6.07) is 3.82. The van der Waals surface area contributed by atoms with Crippen molar-refractivity contribution < 1.29 is 4.42 Å². The lowest BCUT2D eigenvalue weighted by Crippen LogP contribution is -2.08. The summed E-state index contributed by atoms with van der Waals surface area (Å²) in [6.45, 7) is 9.61. The SMILES string of the molecule is CCn1nc(C)c2nc(C(C)C)nc(NCc3ccco3)c21. The predicted molar refractivity (Wildman–Crippen MR) is 85.9 cm³/mol. The minimum atomic E-state index is 0.262. The first-order valence-corrected chi connectivity index (χ1v) is 7.61. The van der Waals surface area contributed by atoms with E-state index in [1.165, 1.54) is 0 Å². The molecule has 0 amide bonds. The van der Waals surface area contributed by atoms with Gasteiger partial charge >= 0.3 is 0 Å². The second-order valence-corrected chi connectivity index (χ2v) is 5.62. The molecule has 6 heteroatoms. The number of furan rings is 1. The Hall–Kier alpha value is -2.37. The van der Waals surface area contributed by atoms with E-state index < -0.39 is 0 Å². The fraction of sp³-hybridized carbons (Fsp3) is 0.438. The van der Waals surface area contributed by atoms with Crippen LogP contribution in [0.25, 0.3) is 11.0 Å². The summed E-state index contributed by atoms with van der Waals surface area (Å²) in [5.41, 5.74) is 2.81. The van der Waals surface area contributed by atoms with Crippen LogP contribution in [0.5, 0.6) is 0 Å². The van der Waals surface area contributed by atoms with E-state index in [1.807, 2.05) is 23.7 Å². The molecule has 3 aromatic heterocycles. The van der Waals surface area contributed by atoms with Crippen molar-refractivity contribution in [3.63, 3.8) is 0 Å². The Labute approximate surface area is 129 Å². The molecule has 0 aliphatic rings. The van der Waals surface area contributed by atoms with Crippen LogP contribution in [0, 0.1) is 6.92 Å². The first-order valence-electron chi connectivity index (χ1n) is 7.61. The smallest absolute Gasteiger partial charge is 0.156 e. The zero-order valence-corrected chi connectivity index (χ0v) is 13.4. The van der Waals surface area contributed by atoms with E-state index in [4.69, 9.17) is 14.4 Å². The summed E-state index contributed by atoms with van der Waals surface area (Å²) in [5, 5.41) is 7.93. The van der Waals surface area contributed by atoms with E-state index >= 15 is 0 Å². The van der Waals surface area contributed by atoms with Gasteiger partial charge in [0.05, 0.1) is 18.5 Å². The first-order chi connectivity index (χ1) is 10.6. The molecule has 116 valence electrons. The Morgan fingerprint density at radius 1 is 1.32 bits per heavy atom. The number of nitrogens with zero attached hydrogens (tertiary/aromatic N) is 4. The molecule has 3 heterocycles. The molecule has 0 saturated carbocycles. The third kappa shape index (κ3) is 2.56. The van der Waals surface area contributed by atoms with Crippen molar-refractivity contribution in [3.05, 3.63) is 35.7 Å². The maximum Gasteiger partial charge on any atom is 0.156 e. The lowest BCUT2D eigenvalue weighted by Gasteiger charge is -2.11. The molecule has 3 rings (SSSR count). The molecule has 0 unspecified atom stereocenters. The lowest BCUT2D eigenvalue weighted by molar-refractivity contribution is 0.517. The fourth-order valence-corrected chi connectivity index (χ4v) is 2.44. The Balaban J connectivity index is 2.08. The quantitative estimate of drug-likeness (QED) is 0.781. The zero-order chi connectivity index (χ0) is 15.7. The van der Waals surface area contributed by atoms with Crippen LogP contribution < -0.4 is 5.32 Å². The van der Waals surface area contributed by atoms with Gasteiger partial charge in [0.15, 0.2) is 5.82 Å². The molecule has 0 atom stereocenters. The fourth-order valence-electron chi connectivity index (χ4n) is 2.44. The highest BCUT2D eigenvalue weighted by Gasteiger charge is 2.17. The number of rotatable bonds is 5. The van der Waals surface area contributed by atoms with E-state index in [2.05, 4.69) is 31.2 Å². The molecule has 0 bridgehead atoms. The van der Waals surface area contributed by atoms with Gasteiger partial charge in [-0.3, -0.25) is 4.68 Å². The molecule has 0 aliphatic carbocycles. The number of aryl methyl sites for hydroxylation is 2.